The third-order valence-corrected chi connectivity index (χ3v) is 21.4. The number of rotatable bonds is 20. The molecule has 0 saturated heterocycles. The number of nitrogens with one attached hydrogen (secondary N) is 5. The van der Waals surface area contributed by atoms with Crippen LogP contribution in [0.15, 0.2) is 37.4 Å². The number of allylic oxidation sites excluding steroid dienone is 2. The third kappa shape index (κ3) is 10.5. The largest absolute Gasteiger partial charge is 0.358 e. The first kappa shape index (κ1) is 60.5. The van der Waals surface area contributed by atoms with Crippen LogP contribution < -0.4 is 21.4 Å². The normalized spacial score (nSPS) is 22.2. The van der Waals surface area contributed by atoms with E-state index in [2.05, 4.69) is 160 Å². The molecule has 5 aliphatic heterocycles. The van der Waals surface area contributed by atoms with Gasteiger partial charge in [0.05, 0.1) is 23.5 Å². The smallest absolute Gasteiger partial charge is 0.0766 e. The van der Waals surface area contributed by atoms with E-state index in [4.69, 9.17) is 15.0 Å². The minimum absolute atomic E-state index is 0.0815. The SMILES string of the molecule is CCC1=C(CC)C2=C(CCCC3c4[nH]c(c(CC)c4CC)C=c4[nH]c(c(CC)c4CC)=Cc4[nH]c(c(CC)c4CC)CC4=NC3C(CC)C4CC)C3N=C(Cc4[nH]c(c(CC)c4CC)C=c4[nH]c(c(CC)c4CC)=CC1=N2)C(CC)C3CC. The van der Waals surface area contributed by atoms with Crippen molar-refractivity contribution in [3.05, 3.63) is 134 Å². The quantitative estimate of drug-likeness (QED) is 0.0511. The molecule has 83 heavy (non-hydrogen) atoms. The fourth-order valence-corrected chi connectivity index (χ4v) is 17.7. The zero-order valence-corrected chi connectivity index (χ0v) is 54.5. The van der Waals surface area contributed by atoms with Gasteiger partial charge in [0, 0.05) is 97.6 Å². The van der Waals surface area contributed by atoms with Crippen LogP contribution in [0.5, 0.6) is 0 Å². The fourth-order valence-electron chi connectivity index (χ4n) is 17.7. The molecular weight excluding hydrogens is 1010 g/mol. The molecule has 8 heteroatoms. The maximum absolute atomic E-state index is 6.17. The first-order valence-electron chi connectivity index (χ1n) is 34.2. The van der Waals surface area contributed by atoms with E-state index in [1.165, 1.54) is 145 Å². The maximum Gasteiger partial charge on any atom is 0.0766 e. The van der Waals surface area contributed by atoms with E-state index in [0.29, 0.717) is 23.7 Å². The monoisotopic (exact) mass is 1120 g/mol. The van der Waals surface area contributed by atoms with Gasteiger partial charge in [-0.25, -0.2) is 4.99 Å². The van der Waals surface area contributed by atoms with E-state index in [-0.39, 0.29) is 18.0 Å². The number of hydrogen-bond acceptors (Lipinski definition) is 3. The van der Waals surface area contributed by atoms with Crippen LogP contribution in [0.4, 0.5) is 0 Å². The lowest BCUT2D eigenvalue weighted by atomic mass is 9.74. The number of aliphatic imine (C=N–C) groups is 3. The Kier molecular flexibility index (Phi) is 18.9. The van der Waals surface area contributed by atoms with Gasteiger partial charge < -0.3 is 24.9 Å². The molecule has 5 aromatic heterocycles. The molecule has 446 valence electrons. The minimum Gasteiger partial charge on any atom is -0.358 e. The van der Waals surface area contributed by atoms with Crippen LogP contribution in [0.1, 0.15) is 264 Å². The average molecular weight is 1120 g/mol. The molecule has 5 aliphatic rings. The zero-order valence-electron chi connectivity index (χ0n) is 54.5. The second kappa shape index (κ2) is 25.9. The van der Waals surface area contributed by atoms with Crippen molar-refractivity contribution >= 4 is 41.4 Å². The molecule has 5 N–H and O–H groups in total. The van der Waals surface area contributed by atoms with Crippen molar-refractivity contribution < 1.29 is 0 Å². The summed E-state index contributed by atoms with van der Waals surface area (Å²) in [4.78, 5) is 38.9. The lowest BCUT2D eigenvalue weighted by Gasteiger charge is -2.31. The maximum atomic E-state index is 6.17. The number of aromatic nitrogens is 5. The van der Waals surface area contributed by atoms with Gasteiger partial charge in [-0.15, -0.1) is 0 Å². The molecule has 0 saturated carbocycles. The Balaban J connectivity index is 1.19. The fraction of sp³-hybridized carbons (Fsp3) is 0.587. The van der Waals surface area contributed by atoms with Crippen molar-refractivity contribution in [3.63, 3.8) is 0 Å². The molecule has 10 heterocycles. The highest BCUT2D eigenvalue weighted by Gasteiger charge is 2.44. The van der Waals surface area contributed by atoms with Crippen molar-refractivity contribution in [3.8, 4) is 0 Å². The van der Waals surface area contributed by atoms with Gasteiger partial charge in [-0.2, -0.15) is 0 Å². The predicted octanol–water partition coefficient (Wildman–Crippen LogP) is 14.9. The van der Waals surface area contributed by atoms with E-state index in [9.17, 15) is 0 Å². The summed E-state index contributed by atoms with van der Waals surface area (Å²) in [7, 11) is 0. The summed E-state index contributed by atoms with van der Waals surface area (Å²) in [5.74, 6) is 1.97. The van der Waals surface area contributed by atoms with E-state index in [1.807, 2.05) is 0 Å². The number of H-pyrrole nitrogens is 5. The van der Waals surface area contributed by atoms with Crippen molar-refractivity contribution in [2.75, 3.05) is 0 Å². The van der Waals surface area contributed by atoms with E-state index < -0.39 is 0 Å². The number of aromatic amines is 5. The highest BCUT2D eigenvalue weighted by atomic mass is 14.9. The predicted molar refractivity (Wildman–Crippen MR) is 355 cm³/mol. The van der Waals surface area contributed by atoms with Gasteiger partial charge in [0.15, 0.2) is 0 Å². The summed E-state index contributed by atoms with van der Waals surface area (Å²) in [6.07, 6.45) is 31.0. The van der Waals surface area contributed by atoms with Gasteiger partial charge in [0.25, 0.3) is 0 Å². The number of fused-ring (bicyclic) bond motifs is 13. The second-order valence-corrected chi connectivity index (χ2v) is 25.0. The van der Waals surface area contributed by atoms with Gasteiger partial charge in [0.2, 0.25) is 0 Å². The summed E-state index contributed by atoms with van der Waals surface area (Å²) in [5.41, 5.74) is 32.2. The Morgan fingerprint density at radius 2 is 0.831 bits per heavy atom. The molecule has 0 fully saturated rings. The van der Waals surface area contributed by atoms with Crippen molar-refractivity contribution in [2.24, 2.45) is 38.6 Å². The molecule has 0 spiro atoms. The summed E-state index contributed by atoms with van der Waals surface area (Å²) in [5, 5.41) is 4.96. The Morgan fingerprint density at radius 1 is 0.398 bits per heavy atom. The van der Waals surface area contributed by atoms with Crippen LogP contribution in [0.25, 0.3) is 24.3 Å². The molecule has 0 aromatic carbocycles. The number of hydrogen-bond donors (Lipinski definition) is 5. The van der Waals surface area contributed by atoms with Crippen LogP contribution in [-0.2, 0) is 77.0 Å². The summed E-state index contributed by atoms with van der Waals surface area (Å²) >= 11 is 0. The second-order valence-electron chi connectivity index (χ2n) is 25.0. The number of nitrogens with zero attached hydrogens (tertiary/aromatic N) is 3. The molecule has 7 unspecified atom stereocenters. The van der Waals surface area contributed by atoms with Gasteiger partial charge >= 0.3 is 0 Å². The molecule has 16 bridgehead atoms. The summed E-state index contributed by atoms with van der Waals surface area (Å²) < 4.78 is 0. The molecule has 10 rings (SSSR count). The Bertz CT molecular complexity index is 3630. The Morgan fingerprint density at radius 3 is 1.28 bits per heavy atom. The first-order chi connectivity index (χ1) is 40.4. The summed E-state index contributed by atoms with van der Waals surface area (Å²) in [6.45, 7) is 38.1. The van der Waals surface area contributed by atoms with Crippen LogP contribution in [0.2, 0.25) is 0 Å². The molecule has 0 radical (unpaired) electrons. The van der Waals surface area contributed by atoms with E-state index >= 15 is 0 Å². The van der Waals surface area contributed by atoms with Gasteiger partial charge in [-0.1, -0.05) is 124 Å². The lowest BCUT2D eigenvalue weighted by molar-refractivity contribution is 0.307. The minimum atomic E-state index is 0.0815. The third-order valence-electron chi connectivity index (χ3n) is 21.4. The Labute approximate surface area is 499 Å². The molecule has 8 nitrogen and oxygen atoms in total. The van der Waals surface area contributed by atoms with Gasteiger partial charge in [0.1, 0.15) is 0 Å². The Hall–Kier alpha value is -5.63. The van der Waals surface area contributed by atoms with Crippen LogP contribution in [0.3, 0.4) is 0 Å². The van der Waals surface area contributed by atoms with Crippen LogP contribution in [-0.4, -0.2) is 54.1 Å². The van der Waals surface area contributed by atoms with Crippen molar-refractivity contribution in [1.29, 1.82) is 0 Å². The molecule has 5 aromatic rings. The highest BCUT2D eigenvalue weighted by Crippen LogP contribution is 2.48. The van der Waals surface area contributed by atoms with Crippen molar-refractivity contribution in [2.45, 2.75) is 264 Å². The highest BCUT2D eigenvalue weighted by molar-refractivity contribution is 6.23. The van der Waals surface area contributed by atoms with Crippen molar-refractivity contribution in [1.82, 2.24) is 24.9 Å². The van der Waals surface area contributed by atoms with E-state index in [1.54, 1.807) is 0 Å². The van der Waals surface area contributed by atoms with Crippen LogP contribution in [0, 0.1) is 23.7 Å². The summed E-state index contributed by atoms with van der Waals surface area (Å²) in [6, 6.07) is 0.261. The standard InChI is InChI=1S/C75H106N8/c1-17-42-46(21-5)64-38-68-50(25-9)54(29-13)72(80-68)58(73-55(30-14)51(26-10)69(81-73)39-65-47(22-6)43(18-2)61(77-65)36-60(42)76-64)34-33-35-59-74-56(31-15)52(27-11)70(82-74)40-66-48(23-7)44(19-3)62(78-66)37-63-45(20-4)49(24-8)67(79-63)41-71-53(28-12)57(32-16)75(59)83-71/h36-38,40,51,53,55,57-58,73,75-80H,17-35,39,41H2,1-16H3. The average Bonchev–Trinajstić information content (AvgIpc) is 3.62. The van der Waals surface area contributed by atoms with Gasteiger partial charge in [-0.05, 0) is 218 Å². The van der Waals surface area contributed by atoms with Gasteiger partial charge in [-0.3, -0.25) is 9.98 Å². The van der Waals surface area contributed by atoms with E-state index in [0.717, 1.165) is 141 Å². The molecule has 0 aliphatic carbocycles. The topological polar surface area (TPSA) is 116 Å². The van der Waals surface area contributed by atoms with Crippen LogP contribution >= 0.6 is 0 Å². The first-order valence-corrected chi connectivity index (χ1v) is 34.2. The molecule has 7 atom stereocenters. The lowest BCUT2D eigenvalue weighted by Crippen LogP contribution is -2.29. The molecular formula is C75H106N8. The zero-order chi connectivity index (χ0) is 59.0. The molecule has 0 amide bonds.